The summed E-state index contributed by atoms with van der Waals surface area (Å²) < 4.78 is 12.7. The molecule has 0 fully saturated rings. The minimum atomic E-state index is -2.21. The molecule has 1 nitrogen and oxygen atoms in total. The Bertz CT molecular complexity index is 200. The van der Waals surface area contributed by atoms with E-state index >= 15 is 0 Å². The van der Waals surface area contributed by atoms with E-state index in [0.717, 1.165) is 6.92 Å². The molecule has 0 aliphatic heterocycles. The van der Waals surface area contributed by atoms with E-state index in [1.54, 1.807) is 30.3 Å². The van der Waals surface area contributed by atoms with Gasteiger partial charge in [0.05, 0.1) is 0 Å². The number of halogens is 1. The molecule has 2 heteroatoms. The van der Waals surface area contributed by atoms with E-state index in [2.05, 4.69) is 0 Å². The van der Waals surface area contributed by atoms with Gasteiger partial charge in [-0.3, -0.25) is 0 Å². The van der Waals surface area contributed by atoms with Crippen molar-refractivity contribution in [2.75, 3.05) is 0 Å². The first kappa shape index (κ1) is 7.22. The maximum atomic E-state index is 12.7. The zero-order valence-electron chi connectivity index (χ0n) is 5.71. The van der Waals surface area contributed by atoms with E-state index in [9.17, 15) is 4.39 Å². The summed E-state index contributed by atoms with van der Waals surface area (Å²) in [7, 11) is 0. The monoisotopic (exact) mass is 140 g/mol. The zero-order valence-corrected chi connectivity index (χ0v) is 5.71. The van der Waals surface area contributed by atoms with Crippen LogP contribution in [0, 0.1) is 0 Å². The Hall–Kier alpha value is -0.890. The van der Waals surface area contributed by atoms with Crippen LogP contribution in [0.15, 0.2) is 30.3 Å². The highest BCUT2D eigenvalue weighted by atomic mass is 19.2. The molecule has 0 bridgehead atoms. The van der Waals surface area contributed by atoms with Crippen molar-refractivity contribution in [2.24, 2.45) is 0 Å². The Morgan fingerprint density at radius 3 is 2.10 bits per heavy atom. The molecule has 54 valence electrons. The molecule has 1 unspecified atom stereocenters. The Morgan fingerprint density at radius 1 is 1.30 bits per heavy atom. The fourth-order valence-electron chi connectivity index (χ4n) is 0.742. The molecule has 1 atom stereocenters. The molecule has 1 rings (SSSR count). The average Bonchev–Trinajstić information content (AvgIpc) is 1.88. The van der Waals surface area contributed by atoms with Crippen molar-refractivity contribution < 1.29 is 9.50 Å². The molecule has 1 aromatic carbocycles. The molecule has 1 aromatic rings. The lowest BCUT2D eigenvalue weighted by atomic mass is 10.1. The van der Waals surface area contributed by atoms with Gasteiger partial charge in [-0.15, -0.1) is 0 Å². The number of alkyl halides is 1. The number of rotatable bonds is 1. The van der Waals surface area contributed by atoms with Crippen LogP contribution in [0.5, 0.6) is 0 Å². The van der Waals surface area contributed by atoms with Crippen molar-refractivity contribution >= 4 is 0 Å². The standard InChI is InChI=1S/C8H9FO/c1-8(9,10)7-5-3-2-4-6-7/h2-6,10H,1H3. The summed E-state index contributed by atoms with van der Waals surface area (Å²) in [5, 5.41) is 8.82. The van der Waals surface area contributed by atoms with E-state index in [1.807, 2.05) is 0 Å². The summed E-state index contributed by atoms with van der Waals surface area (Å²) in [4.78, 5) is 0. The second-order valence-corrected chi connectivity index (χ2v) is 2.32. The topological polar surface area (TPSA) is 20.2 Å². The average molecular weight is 140 g/mol. The van der Waals surface area contributed by atoms with Crippen molar-refractivity contribution in [2.45, 2.75) is 12.8 Å². The molecule has 0 saturated carbocycles. The molecule has 0 aliphatic rings. The largest absolute Gasteiger partial charge is 0.358 e. The third-order valence-electron chi connectivity index (χ3n) is 1.30. The third-order valence-corrected chi connectivity index (χ3v) is 1.30. The lowest BCUT2D eigenvalue weighted by molar-refractivity contribution is -0.0768. The second-order valence-electron chi connectivity index (χ2n) is 2.32. The lowest BCUT2D eigenvalue weighted by Gasteiger charge is -2.11. The first-order valence-corrected chi connectivity index (χ1v) is 3.07. The van der Waals surface area contributed by atoms with Crippen LogP contribution < -0.4 is 0 Å². The van der Waals surface area contributed by atoms with E-state index < -0.39 is 5.85 Å². The highest BCUT2D eigenvalue weighted by Gasteiger charge is 2.19. The van der Waals surface area contributed by atoms with E-state index in [1.165, 1.54) is 0 Å². The zero-order chi connectivity index (χ0) is 7.61. The first-order chi connectivity index (χ1) is 4.61. The van der Waals surface area contributed by atoms with E-state index in [-0.39, 0.29) is 5.56 Å². The van der Waals surface area contributed by atoms with Crippen LogP contribution in [-0.4, -0.2) is 5.11 Å². The van der Waals surface area contributed by atoms with Gasteiger partial charge < -0.3 is 5.11 Å². The molecular formula is C8H9FO. The molecule has 0 aliphatic carbocycles. The molecule has 1 N–H and O–H groups in total. The third kappa shape index (κ3) is 1.54. The molecule has 0 amide bonds. The maximum Gasteiger partial charge on any atom is 0.230 e. The molecule has 0 saturated heterocycles. The lowest BCUT2D eigenvalue weighted by Crippen LogP contribution is -2.12. The molecule has 0 radical (unpaired) electrons. The summed E-state index contributed by atoms with van der Waals surface area (Å²) >= 11 is 0. The Morgan fingerprint density at radius 2 is 1.80 bits per heavy atom. The van der Waals surface area contributed by atoms with Crippen molar-refractivity contribution in [1.82, 2.24) is 0 Å². The second kappa shape index (κ2) is 2.39. The Kier molecular flexibility index (Phi) is 1.72. The number of hydrogen-bond donors (Lipinski definition) is 1. The van der Waals surface area contributed by atoms with Gasteiger partial charge in [-0.1, -0.05) is 30.3 Å². The van der Waals surface area contributed by atoms with Crippen molar-refractivity contribution in [1.29, 1.82) is 0 Å². The molecular weight excluding hydrogens is 131 g/mol. The van der Waals surface area contributed by atoms with Gasteiger partial charge in [-0.2, -0.15) is 0 Å². The van der Waals surface area contributed by atoms with E-state index in [0.29, 0.717) is 0 Å². The SMILES string of the molecule is CC(O)(F)c1ccccc1. The first-order valence-electron chi connectivity index (χ1n) is 3.07. The fourth-order valence-corrected chi connectivity index (χ4v) is 0.742. The van der Waals surface area contributed by atoms with Gasteiger partial charge >= 0.3 is 0 Å². The quantitative estimate of drug-likeness (QED) is 0.630. The highest BCUT2D eigenvalue weighted by Crippen LogP contribution is 2.20. The highest BCUT2D eigenvalue weighted by molar-refractivity contribution is 5.18. The van der Waals surface area contributed by atoms with Crippen LogP contribution in [0.25, 0.3) is 0 Å². The molecule has 0 heterocycles. The van der Waals surface area contributed by atoms with Crippen LogP contribution >= 0.6 is 0 Å². The van der Waals surface area contributed by atoms with Crippen molar-refractivity contribution in [3.8, 4) is 0 Å². The van der Waals surface area contributed by atoms with Crippen LogP contribution in [0.4, 0.5) is 4.39 Å². The van der Waals surface area contributed by atoms with Gasteiger partial charge in [0.15, 0.2) is 0 Å². The smallest absolute Gasteiger partial charge is 0.230 e. The minimum Gasteiger partial charge on any atom is -0.358 e. The molecule has 0 aromatic heterocycles. The predicted octanol–water partition coefficient (Wildman–Crippen LogP) is 1.82. The molecule has 10 heavy (non-hydrogen) atoms. The van der Waals surface area contributed by atoms with Crippen LogP contribution in [0.2, 0.25) is 0 Å². The van der Waals surface area contributed by atoms with Crippen LogP contribution in [0.1, 0.15) is 12.5 Å². The minimum absolute atomic E-state index is 0.287. The predicted molar refractivity (Wildman–Crippen MR) is 37.1 cm³/mol. The summed E-state index contributed by atoms with van der Waals surface area (Å²) in [5.41, 5.74) is 0.287. The van der Waals surface area contributed by atoms with Gasteiger partial charge in [-0.25, -0.2) is 4.39 Å². The van der Waals surface area contributed by atoms with Gasteiger partial charge in [0.1, 0.15) is 0 Å². The summed E-state index contributed by atoms with van der Waals surface area (Å²) in [5.74, 6) is -2.21. The van der Waals surface area contributed by atoms with Crippen LogP contribution in [0.3, 0.4) is 0 Å². The Labute approximate surface area is 59.1 Å². The number of hydrogen-bond acceptors (Lipinski definition) is 1. The van der Waals surface area contributed by atoms with Gasteiger partial charge in [0.25, 0.3) is 0 Å². The fraction of sp³-hybridized carbons (Fsp3) is 0.250. The van der Waals surface area contributed by atoms with Gasteiger partial charge in [0, 0.05) is 5.56 Å². The number of benzene rings is 1. The molecule has 0 spiro atoms. The van der Waals surface area contributed by atoms with Crippen LogP contribution in [-0.2, 0) is 5.85 Å². The van der Waals surface area contributed by atoms with Crippen molar-refractivity contribution in [3.63, 3.8) is 0 Å². The number of aliphatic hydroxyl groups is 1. The Balaban J connectivity index is 2.97. The summed E-state index contributed by atoms with van der Waals surface area (Å²) in [6, 6.07) is 8.22. The normalized spacial score (nSPS) is 16.3. The van der Waals surface area contributed by atoms with Crippen molar-refractivity contribution in [3.05, 3.63) is 35.9 Å². The maximum absolute atomic E-state index is 12.7. The summed E-state index contributed by atoms with van der Waals surface area (Å²) in [6.45, 7) is 1.11. The van der Waals surface area contributed by atoms with Gasteiger partial charge in [-0.05, 0) is 6.92 Å². The van der Waals surface area contributed by atoms with Gasteiger partial charge in [0.2, 0.25) is 5.85 Å². The van der Waals surface area contributed by atoms with E-state index in [4.69, 9.17) is 5.11 Å². The summed E-state index contributed by atoms with van der Waals surface area (Å²) in [6.07, 6.45) is 0.